The number of carbonyl (C=O) groups is 1. The Morgan fingerprint density at radius 1 is 1.67 bits per heavy atom. The summed E-state index contributed by atoms with van der Waals surface area (Å²) in [4.78, 5) is 14.6. The topological polar surface area (TPSA) is 56.1 Å². The highest BCUT2D eigenvalue weighted by Crippen LogP contribution is 2.16. The number of rotatable bonds is 1. The van der Waals surface area contributed by atoms with Crippen molar-refractivity contribution in [3.63, 3.8) is 0 Å². The van der Waals surface area contributed by atoms with Gasteiger partial charge in [0.05, 0.1) is 0 Å². The van der Waals surface area contributed by atoms with Gasteiger partial charge in [-0.2, -0.15) is 0 Å². The van der Waals surface area contributed by atoms with Crippen LogP contribution in [0.2, 0.25) is 0 Å². The summed E-state index contributed by atoms with van der Waals surface area (Å²) in [6, 6.07) is 0. The number of hydrazine groups is 1. The van der Waals surface area contributed by atoms with Crippen LogP contribution in [0.25, 0.3) is 0 Å². The number of hydrogen-bond acceptors (Lipinski definition) is 4. The summed E-state index contributed by atoms with van der Waals surface area (Å²) >= 11 is 0. The van der Waals surface area contributed by atoms with Gasteiger partial charge in [0, 0.05) is 6.20 Å². The summed E-state index contributed by atoms with van der Waals surface area (Å²) in [5, 5.41) is 12.0. The quantitative estimate of drug-likeness (QED) is 0.594. The molecule has 5 nitrogen and oxygen atoms in total. The predicted octanol–water partition coefficient (Wildman–Crippen LogP) is 0.000600. The number of fused-ring (bicyclic) bond motifs is 1. The fourth-order valence-electron chi connectivity index (χ4n) is 1.13. The highest BCUT2D eigenvalue weighted by molar-refractivity contribution is 5.89. The number of hydrogen-bond donors (Lipinski definition) is 1. The van der Waals surface area contributed by atoms with Gasteiger partial charge in [-0.15, -0.1) is 0 Å². The van der Waals surface area contributed by atoms with Crippen LogP contribution in [0.1, 0.15) is 0 Å². The van der Waals surface area contributed by atoms with Crippen molar-refractivity contribution in [3.8, 4) is 0 Å². The van der Waals surface area contributed by atoms with Crippen LogP contribution >= 0.6 is 0 Å². The van der Waals surface area contributed by atoms with Crippen molar-refractivity contribution in [2.45, 2.75) is 0 Å². The Morgan fingerprint density at radius 2 is 2.50 bits per heavy atom. The third-order valence-electron chi connectivity index (χ3n) is 1.67. The Hall–Kier alpha value is -1.78. The molecular formula is C7H7N3O2. The van der Waals surface area contributed by atoms with Gasteiger partial charge in [-0.05, 0) is 12.2 Å². The van der Waals surface area contributed by atoms with Crippen molar-refractivity contribution in [2.24, 2.45) is 4.99 Å². The summed E-state index contributed by atoms with van der Waals surface area (Å²) < 4.78 is 0. The molecule has 2 heterocycles. The molecule has 0 saturated heterocycles. The van der Waals surface area contributed by atoms with E-state index < -0.39 is 5.97 Å². The van der Waals surface area contributed by atoms with Crippen molar-refractivity contribution in [1.29, 1.82) is 0 Å². The molecule has 0 radical (unpaired) electrons. The van der Waals surface area contributed by atoms with Crippen LogP contribution < -0.4 is 0 Å². The van der Waals surface area contributed by atoms with Gasteiger partial charge in [0.25, 0.3) is 0 Å². The Bertz CT molecular complexity index is 306. The number of carboxylic acids is 1. The summed E-state index contributed by atoms with van der Waals surface area (Å²) in [6.45, 7) is 0.487. The van der Waals surface area contributed by atoms with Gasteiger partial charge in [0.1, 0.15) is 18.7 Å². The highest BCUT2D eigenvalue weighted by Gasteiger charge is 2.24. The Balaban J connectivity index is 2.32. The zero-order valence-electron chi connectivity index (χ0n) is 6.21. The smallest absolute Gasteiger partial charge is 0.354 e. The van der Waals surface area contributed by atoms with Gasteiger partial charge < -0.3 is 5.11 Å². The maximum absolute atomic E-state index is 10.7. The van der Waals surface area contributed by atoms with Crippen molar-refractivity contribution in [2.75, 3.05) is 6.67 Å². The van der Waals surface area contributed by atoms with Crippen molar-refractivity contribution in [1.82, 2.24) is 10.0 Å². The molecule has 0 aromatic carbocycles. The van der Waals surface area contributed by atoms with E-state index in [0.717, 1.165) is 0 Å². The summed E-state index contributed by atoms with van der Waals surface area (Å²) in [5.41, 5.74) is 0.221. The minimum atomic E-state index is -0.947. The summed E-state index contributed by atoms with van der Waals surface area (Å²) in [6.07, 6.45) is 6.51. The minimum absolute atomic E-state index is 0.221. The van der Waals surface area contributed by atoms with Crippen LogP contribution in [-0.4, -0.2) is 34.1 Å². The fourth-order valence-corrected chi connectivity index (χ4v) is 1.13. The van der Waals surface area contributed by atoms with Gasteiger partial charge >= 0.3 is 5.97 Å². The summed E-state index contributed by atoms with van der Waals surface area (Å²) in [5.74, 6) is -0.947. The molecular weight excluding hydrogens is 158 g/mol. The summed E-state index contributed by atoms with van der Waals surface area (Å²) in [7, 11) is 0. The number of aliphatic imine (C=N–C) groups is 1. The zero-order valence-corrected chi connectivity index (χ0v) is 6.21. The monoisotopic (exact) mass is 165 g/mol. The molecule has 0 atom stereocenters. The van der Waals surface area contributed by atoms with Crippen molar-refractivity contribution in [3.05, 3.63) is 24.0 Å². The SMILES string of the molecule is O=C(O)C1=CC=CN2CN=CN12. The Kier molecular flexibility index (Phi) is 1.36. The second kappa shape index (κ2) is 2.37. The van der Waals surface area contributed by atoms with Gasteiger partial charge in [0.2, 0.25) is 0 Å². The Morgan fingerprint density at radius 3 is 3.25 bits per heavy atom. The Labute approximate surface area is 68.9 Å². The number of allylic oxidation sites excluding steroid dienone is 2. The molecule has 62 valence electrons. The molecule has 12 heavy (non-hydrogen) atoms. The van der Waals surface area contributed by atoms with Gasteiger partial charge in [0.15, 0.2) is 0 Å². The van der Waals surface area contributed by atoms with E-state index in [1.165, 1.54) is 17.4 Å². The first-order valence-electron chi connectivity index (χ1n) is 3.46. The van der Waals surface area contributed by atoms with Gasteiger partial charge in [-0.1, -0.05) is 0 Å². The molecule has 2 rings (SSSR count). The van der Waals surface area contributed by atoms with E-state index in [1.807, 2.05) is 0 Å². The average Bonchev–Trinajstić information content (AvgIpc) is 2.49. The maximum atomic E-state index is 10.7. The van der Waals surface area contributed by atoms with E-state index in [0.29, 0.717) is 6.67 Å². The molecule has 5 heteroatoms. The predicted molar refractivity (Wildman–Crippen MR) is 41.9 cm³/mol. The molecule has 0 aromatic rings. The molecule has 1 N–H and O–H groups in total. The minimum Gasteiger partial charge on any atom is -0.477 e. The highest BCUT2D eigenvalue weighted by atomic mass is 16.4. The molecule has 0 amide bonds. The first-order valence-corrected chi connectivity index (χ1v) is 3.46. The van der Waals surface area contributed by atoms with Gasteiger partial charge in [-0.25, -0.2) is 9.80 Å². The lowest BCUT2D eigenvalue weighted by Gasteiger charge is -2.27. The van der Waals surface area contributed by atoms with Crippen LogP contribution in [0.15, 0.2) is 29.0 Å². The lowest BCUT2D eigenvalue weighted by Crippen LogP contribution is -2.36. The number of aliphatic carboxylic acids is 1. The standard InChI is InChI=1S/C7H7N3O2/c11-7(12)6-2-1-3-9-4-8-5-10(6)9/h1-3,5H,4H2,(H,11,12). The van der Waals surface area contributed by atoms with E-state index in [1.54, 1.807) is 17.3 Å². The molecule has 0 aliphatic carbocycles. The van der Waals surface area contributed by atoms with E-state index in [9.17, 15) is 4.79 Å². The molecule has 0 spiro atoms. The normalized spacial score (nSPS) is 19.5. The molecule has 0 bridgehead atoms. The van der Waals surface area contributed by atoms with Crippen molar-refractivity contribution >= 4 is 12.3 Å². The first-order chi connectivity index (χ1) is 5.79. The van der Waals surface area contributed by atoms with Crippen molar-refractivity contribution < 1.29 is 9.90 Å². The lowest BCUT2D eigenvalue weighted by molar-refractivity contribution is -0.135. The second-order valence-electron chi connectivity index (χ2n) is 2.42. The van der Waals surface area contributed by atoms with Crippen LogP contribution in [0.3, 0.4) is 0 Å². The number of nitrogens with zero attached hydrogens (tertiary/aromatic N) is 3. The molecule has 0 saturated carbocycles. The third-order valence-corrected chi connectivity index (χ3v) is 1.67. The van der Waals surface area contributed by atoms with E-state index in [-0.39, 0.29) is 5.70 Å². The molecule has 0 fully saturated rings. The number of carboxylic acid groups (broad SMARTS) is 1. The lowest BCUT2D eigenvalue weighted by atomic mass is 10.3. The van der Waals surface area contributed by atoms with Crippen LogP contribution in [0.5, 0.6) is 0 Å². The van der Waals surface area contributed by atoms with E-state index in [4.69, 9.17) is 5.11 Å². The van der Waals surface area contributed by atoms with Crippen LogP contribution in [-0.2, 0) is 4.79 Å². The van der Waals surface area contributed by atoms with E-state index >= 15 is 0 Å². The van der Waals surface area contributed by atoms with Gasteiger partial charge in [-0.3, -0.25) is 10.0 Å². The van der Waals surface area contributed by atoms with Crippen LogP contribution in [0.4, 0.5) is 0 Å². The second-order valence-corrected chi connectivity index (χ2v) is 2.42. The molecule has 0 unspecified atom stereocenters. The van der Waals surface area contributed by atoms with Crippen LogP contribution in [0, 0.1) is 0 Å². The molecule has 2 aliphatic rings. The first kappa shape index (κ1) is 6.90. The zero-order chi connectivity index (χ0) is 8.55. The third kappa shape index (κ3) is 0.868. The average molecular weight is 165 g/mol. The van der Waals surface area contributed by atoms with E-state index in [2.05, 4.69) is 4.99 Å². The maximum Gasteiger partial charge on any atom is 0.354 e. The molecule has 0 aromatic heterocycles. The molecule has 2 aliphatic heterocycles. The largest absolute Gasteiger partial charge is 0.477 e. The fraction of sp³-hybridized carbons (Fsp3) is 0.143.